The molecule has 102 valence electrons. The van der Waals surface area contributed by atoms with Gasteiger partial charge >= 0.3 is 0 Å². The standard InChI is InChI=1S/C15H19FN2O/c1-2-9-18(15(19)12-7-8-17-10-12)11-13-5-3-4-6-14(13)16/h2-6,12,17H,1,7-11H2. The Morgan fingerprint density at radius 2 is 2.32 bits per heavy atom. The molecule has 1 fully saturated rings. The fourth-order valence-corrected chi connectivity index (χ4v) is 2.34. The van der Waals surface area contributed by atoms with Gasteiger partial charge in [-0.1, -0.05) is 24.3 Å². The van der Waals surface area contributed by atoms with Crippen LogP contribution in [-0.4, -0.2) is 30.4 Å². The normalized spacial score (nSPS) is 18.3. The molecule has 1 atom stereocenters. The van der Waals surface area contributed by atoms with Gasteiger partial charge in [0, 0.05) is 25.2 Å². The highest BCUT2D eigenvalue weighted by atomic mass is 19.1. The summed E-state index contributed by atoms with van der Waals surface area (Å²) in [7, 11) is 0. The molecule has 4 heteroatoms. The Morgan fingerprint density at radius 1 is 1.53 bits per heavy atom. The number of carbonyl (C=O) groups excluding carboxylic acids is 1. The summed E-state index contributed by atoms with van der Waals surface area (Å²) in [5, 5.41) is 3.18. The summed E-state index contributed by atoms with van der Waals surface area (Å²) in [6.45, 7) is 6.00. The topological polar surface area (TPSA) is 32.3 Å². The summed E-state index contributed by atoms with van der Waals surface area (Å²) in [4.78, 5) is 14.0. The van der Waals surface area contributed by atoms with Crippen molar-refractivity contribution in [1.82, 2.24) is 10.2 Å². The Hall–Kier alpha value is -1.68. The van der Waals surface area contributed by atoms with Gasteiger partial charge in [-0.25, -0.2) is 4.39 Å². The fraction of sp³-hybridized carbons (Fsp3) is 0.400. The van der Waals surface area contributed by atoms with Crippen molar-refractivity contribution >= 4 is 5.91 Å². The predicted octanol–water partition coefficient (Wildman–Crippen LogP) is 1.95. The van der Waals surface area contributed by atoms with Crippen molar-refractivity contribution < 1.29 is 9.18 Å². The molecule has 1 saturated heterocycles. The number of nitrogens with zero attached hydrogens (tertiary/aromatic N) is 1. The van der Waals surface area contributed by atoms with Gasteiger partial charge in [-0.2, -0.15) is 0 Å². The molecule has 3 nitrogen and oxygen atoms in total. The first-order valence-corrected chi connectivity index (χ1v) is 6.56. The monoisotopic (exact) mass is 262 g/mol. The third-order valence-electron chi connectivity index (χ3n) is 3.39. The van der Waals surface area contributed by atoms with Crippen molar-refractivity contribution in [2.45, 2.75) is 13.0 Å². The van der Waals surface area contributed by atoms with Gasteiger partial charge in [0.25, 0.3) is 0 Å². The molecule has 1 aliphatic heterocycles. The molecule has 0 saturated carbocycles. The van der Waals surface area contributed by atoms with Gasteiger partial charge in [0.2, 0.25) is 5.91 Å². The molecule has 1 aromatic rings. The van der Waals surface area contributed by atoms with Gasteiger partial charge in [-0.3, -0.25) is 4.79 Å². The number of halogens is 1. The SMILES string of the molecule is C=CCN(Cc1ccccc1F)C(=O)C1CCNC1. The van der Waals surface area contributed by atoms with Crippen molar-refractivity contribution in [3.05, 3.63) is 48.3 Å². The maximum Gasteiger partial charge on any atom is 0.227 e. The fourth-order valence-electron chi connectivity index (χ4n) is 2.34. The van der Waals surface area contributed by atoms with Crippen LogP contribution >= 0.6 is 0 Å². The van der Waals surface area contributed by atoms with E-state index in [1.807, 2.05) is 0 Å². The highest BCUT2D eigenvalue weighted by molar-refractivity contribution is 5.79. The van der Waals surface area contributed by atoms with Gasteiger partial charge in [-0.15, -0.1) is 6.58 Å². The van der Waals surface area contributed by atoms with E-state index in [0.29, 0.717) is 25.2 Å². The number of amides is 1. The lowest BCUT2D eigenvalue weighted by Crippen LogP contribution is -2.37. The quantitative estimate of drug-likeness (QED) is 0.823. The molecule has 0 spiro atoms. The minimum Gasteiger partial charge on any atom is -0.334 e. The van der Waals surface area contributed by atoms with Crippen LogP contribution in [-0.2, 0) is 11.3 Å². The Kier molecular flexibility index (Phi) is 4.68. The summed E-state index contributed by atoms with van der Waals surface area (Å²) in [5.41, 5.74) is 0.545. The summed E-state index contributed by atoms with van der Waals surface area (Å²) in [6, 6.07) is 6.57. The van der Waals surface area contributed by atoms with E-state index < -0.39 is 0 Å². The molecule has 19 heavy (non-hydrogen) atoms. The Balaban J connectivity index is 2.09. The van der Waals surface area contributed by atoms with Gasteiger partial charge in [-0.05, 0) is 19.0 Å². The number of nitrogens with one attached hydrogen (secondary N) is 1. The Morgan fingerprint density at radius 3 is 2.95 bits per heavy atom. The zero-order chi connectivity index (χ0) is 13.7. The van der Waals surface area contributed by atoms with E-state index >= 15 is 0 Å². The van der Waals surface area contributed by atoms with E-state index in [4.69, 9.17) is 0 Å². The van der Waals surface area contributed by atoms with Crippen LogP contribution in [0.25, 0.3) is 0 Å². The van der Waals surface area contributed by atoms with Crippen LogP contribution in [0.2, 0.25) is 0 Å². The van der Waals surface area contributed by atoms with Crippen molar-refractivity contribution in [3.8, 4) is 0 Å². The molecule has 1 amide bonds. The van der Waals surface area contributed by atoms with E-state index in [2.05, 4.69) is 11.9 Å². The lowest BCUT2D eigenvalue weighted by Gasteiger charge is -2.24. The molecule has 0 aliphatic carbocycles. The molecule has 1 N–H and O–H groups in total. The van der Waals surface area contributed by atoms with E-state index in [1.165, 1.54) is 6.07 Å². The van der Waals surface area contributed by atoms with E-state index in [-0.39, 0.29) is 17.6 Å². The number of hydrogen-bond acceptors (Lipinski definition) is 2. The van der Waals surface area contributed by atoms with Gasteiger partial charge in [0.05, 0.1) is 5.92 Å². The first-order valence-electron chi connectivity index (χ1n) is 6.56. The van der Waals surface area contributed by atoms with Crippen LogP contribution in [0.15, 0.2) is 36.9 Å². The first kappa shape index (κ1) is 13.7. The molecular formula is C15H19FN2O. The second-order valence-corrected chi connectivity index (χ2v) is 4.79. The maximum atomic E-state index is 13.7. The molecular weight excluding hydrogens is 243 g/mol. The number of benzene rings is 1. The summed E-state index contributed by atoms with van der Waals surface area (Å²) in [6.07, 6.45) is 2.53. The van der Waals surface area contributed by atoms with Crippen molar-refractivity contribution in [2.75, 3.05) is 19.6 Å². The van der Waals surface area contributed by atoms with Crippen molar-refractivity contribution in [3.63, 3.8) is 0 Å². The van der Waals surface area contributed by atoms with Crippen LogP contribution in [0.1, 0.15) is 12.0 Å². The number of rotatable bonds is 5. The van der Waals surface area contributed by atoms with Gasteiger partial charge in [0.15, 0.2) is 0 Å². The van der Waals surface area contributed by atoms with Crippen molar-refractivity contribution in [2.24, 2.45) is 5.92 Å². The zero-order valence-electron chi connectivity index (χ0n) is 10.9. The molecule has 1 unspecified atom stereocenters. The average molecular weight is 262 g/mol. The van der Waals surface area contributed by atoms with E-state index in [1.54, 1.807) is 29.2 Å². The molecule has 0 bridgehead atoms. The van der Waals surface area contributed by atoms with Crippen LogP contribution in [0.3, 0.4) is 0 Å². The second kappa shape index (κ2) is 6.48. The highest BCUT2D eigenvalue weighted by Crippen LogP contribution is 2.16. The number of hydrogen-bond donors (Lipinski definition) is 1. The smallest absolute Gasteiger partial charge is 0.227 e. The molecule has 0 radical (unpaired) electrons. The van der Waals surface area contributed by atoms with E-state index in [9.17, 15) is 9.18 Å². The van der Waals surface area contributed by atoms with E-state index in [0.717, 1.165) is 13.0 Å². The Bertz CT molecular complexity index is 455. The largest absolute Gasteiger partial charge is 0.334 e. The third-order valence-corrected chi connectivity index (χ3v) is 3.39. The summed E-state index contributed by atoms with van der Waals surface area (Å²) in [5.74, 6) is -0.186. The molecule has 0 aromatic heterocycles. The zero-order valence-corrected chi connectivity index (χ0v) is 10.9. The minimum absolute atomic E-state index is 0.00623. The van der Waals surface area contributed by atoms with Gasteiger partial charge < -0.3 is 10.2 Å². The van der Waals surface area contributed by atoms with Crippen molar-refractivity contribution in [1.29, 1.82) is 0 Å². The maximum absolute atomic E-state index is 13.7. The summed E-state index contributed by atoms with van der Waals surface area (Å²) >= 11 is 0. The molecule has 1 aromatic carbocycles. The Labute approximate surface area is 113 Å². The molecule has 2 rings (SSSR count). The highest BCUT2D eigenvalue weighted by Gasteiger charge is 2.26. The minimum atomic E-state index is -0.270. The van der Waals surface area contributed by atoms with Crippen LogP contribution < -0.4 is 5.32 Å². The first-order chi connectivity index (χ1) is 9.22. The molecule has 1 aliphatic rings. The van der Waals surface area contributed by atoms with Gasteiger partial charge in [0.1, 0.15) is 5.82 Å². The second-order valence-electron chi connectivity index (χ2n) is 4.79. The third kappa shape index (κ3) is 3.41. The summed E-state index contributed by atoms with van der Waals surface area (Å²) < 4.78 is 13.7. The lowest BCUT2D eigenvalue weighted by atomic mass is 10.1. The average Bonchev–Trinajstić information content (AvgIpc) is 2.94. The predicted molar refractivity (Wildman–Crippen MR) is 73.0 cm³/mol. The van der Waals surface area contributed by atoms with Crippen LogP contribution in [0.5, 0.6) is 0 Å². The number of carbonyl (C=O) groups is 1. The van der Waals surface area contributed by atoms with Crippen LogP contribution in [0.4, 0.5) is 4.39 Å². The molecule has 1 heterocycles. The van der Waals surface area contributed by atoms with Crippen LogP contribution in [0, 0.1) is 11.7 Å². The lowest BCUT2D eigenvalue weighted by molar-refractivity contribution is -0.135.